The molecule has 1 saturated carbocycles. The highest BCUT2D eigenvalue weighted by Crippen LogP contribution is 2.48. The minimum absolute atomic E-state index is 0.0577. The fourth-order valence-corrected chi connectivity index (χ4v) is 6.00. The summed E-state index contributed by atoms with van der Waals surface area (Å²) in [5.74, 6) is 1.29. The van der Waals surface area contributed by atoms with Gasteiger partial charge in [-0.05, 0) is 91.5 Å². The van der Waals surface area contributed by atoms with Crippen LogP contribution >= 0.6 is 0 Å². The summed E-state index contributed by atoms with van der Waals surface area (Å²) < 4.78 is 5.43. The first-order valence-corrected chi connectivity index (χ1v) is 14.4. The average Bonchev–Trinajstić information content (AvgIpc) is 3.59. The number of hydrogen-bond donors (Lipinski definition) is 1. The number of urea groups is 1. The van der Waals surface area contributed by atoms with E-state index in [-0.39, 0.29) is 17.5 Å². The number of Topliss-reactive ketones (excluding diaryl/α,β-unsaturated/α-hetero) is 1. The molecule has 3 aromatic carbocycles. The zero-order valence-electron chi connectivity index (χ0n) is 23.9. The van der Waals surface area contributed by atoms with Crippen LogP contribution in [-0.2, 0) is 24.2 Å². The SMILES string of the molecule is CC(C)(C)NC(=O)N1CCc2c(-c3cccc(-c4nnco4)c3)ccc(CCC(=O)C3C[C@H]3c3ccccc3)c2C1. The summed E-state index contributed by atoms with van der Waals surface area (Å²) >= 11 is 0. The monoisotopic (exact) mass is 548 g/mol. The highest BCUT2D eigenvalue weighted by atomic mass is 16.4. The van der Waals surface area contributed by atoms with Crippen molar-refractivity contribution in [3.05, 3.63) is 95.4 Å². The summed E-state index contributed by atoms with van der Waals surface area (Å²) in [6.45, 7) is 7.14. The van der Waals surface area contributed by atoms with Gasteiger partial charge in [0.15, 0.2) is 0 Å². The van der Waals surface area contributed by atoms with Gasteiger partial charge in [0.25, 0.3) is 0 Å². The van der Waals surface area contributed by atoms with Crippen molar-refractivity contribution >= 4 is 11.8 Å². The second-order valence-electron chi connectivity index (χ2n) is 12.2. The molecule has 7 nitrogen and oxygen atoms in total. The molecular formula is C34H36N4O3. The topological polar surface area (TPSA) is 88.3 Å². The zero-order chi connectivity index (χ0) is 28.6. The van der Waals surface area contributed by atoms with Gasteiger partial charge in [0, 0.05) is 36.5 Å². The van der Waals surface area contributed by atoms with Crippen molar-refractivity contribution in [2.45, 2.75) is 64.5 Å². The molecule has 2 atom stereocenters. The smallest absolute Gasteiger partial charge is 0.318 e. The molecule has 1 aliphatic heterocycles. The van der Waals surface area contributed by atoms with Gasteiger partial charge in [-0.3, -0.25) is 4.79 Å². The molecule has 0 radical (unpaired) electrons. The van der Waals surface area contributed by atoms with Crippen molar-refractivity contribution < 1.29 is 14.0 Å². The van der Waals surface area contributed by atoms with E-state index in [4.69, 9.17) is 4.42 Å². The van der Waals surface area contributed by atoms with Crippen LogP contribution in [0, 0.1) is 5.92 Å². The van der Waals surface area contributed by atoms with Crippen molar-refractivity contribution in [2.24, 2.45) is 5.92 Å². The van der Waals surface area contributed by atoms with E-state index in [1.807, 2.05) is 56.0 Å². The molecule has 1 aliphatic carbocycles. The van der Waals surface area contributed by atoms with Crippen LogP contribution in [0.25, 0.3) is 22.6 Å². The van der Waals surface area contributed by atoms with E-state index in [0.29, 0.717) is 43.5 Å². The van der Waals surface area contributed by atoms with E-state index in [2.05, 4.69) is 51.9 Å². The Balaban J connectivity index is 1.27. The van der Waals surface area contributed by atoms with Gasteiger partial charge < -0.3 is 14.6 Å². The van der Waals surface area contributed by atoms with Crippen molar-refractivity contribution in [1.29, 1.82) is 0 Å². The second kappa shape index (κ2) is 11.0. The Hall–Kier alpha value is -4.26. The van der Waals surface area contributed by atoms with Gasteiger partial charge in [-0.25, -0.2) is 4.79 Å². The van der Waals surface area contributed by atoms with E-state index in [9.17, 15) is 9.59 Å². The number of nitrogens with zero attached hydrogens (tertiary/aromatic N) is 3. The number of amides is 2. The van der Waals surface area contributed by atoms with Gasteiger partial charge in [0.2, 0.25) is 12.3 Å². The van der Waals surface area contributed by atoms with Gasteiger partial charge in [0.05, 0.1) is 0 Å². The summed E-state index contributed by atoms with van der Waals surface area (Å²) in [7, 11) is 0. The lowest BCUT2D eigenvalue weighted by Crippen LogP contribution is -2.50. The number of benzene rings is 3. The first kappa shape index (κ1) is 26.9. The minimum atomic E-state index is -0.316. The van der Waals surface area contributed by atoms with Crippen LogP contribution in [-0.4, -0.2) is 39.0 Å². The Morgan fingerprint density at radius 3 is 2.56 bits per heavy atom. The molecule has 2 aliphatic rings. The van der Waals surface area contributed by atoms with Crippen LogP contribution in [0.5, 0.6) is 0 Å². The quantitative estimate of drug-likeness (QED) is 0.282. The number of aromatic nitrogens is 2. The molecule has 7 heteroatoms. The second-order valence-corrected chi connectivity index (χ2v) is 12.2. The fourth-order valence-electron chi connectivity index (χ4n) is 6.00. The molecule has 4 aromatic rings. The number of aryl methyl sites for hydroxylation is 1. The lowest BCUT2D eigenvalue weighted by molar-refractivity contribution is -0.120. The number of carbonyl (C=O) groups excluding carboxylic acids is 2. The largest absolute Gasteiger partial charge is 0.423 e. The lowest BCUT2D eigenvalue weighted by Gasteiger charge is -2.34. The van der Waals surface area contributed by atoms with Crippen LogP contribution in [0.1, 0.15) is 61.8 Å². The molecule has 2 amide bonds. The van der Waals surface area contributed by atoms with Gasteiger partial charge in [0.1, 0.15) is 5.78 Å². The molecule has 210 valence electrons. The average molecular weight is 549 g/mol. The third-order valence-electron chi connectivity index (χ3n) is 8.13. The van der Waals surface area contributed by atoms with Crippen molar-refractivity contribution in [1.82, 2.24) is 20.4 Å². The van der Waals surface area contributed by atoms with Crippen molar-refractivity contribution in [3.63, 3.8) is 0 Å². The number of carbonyl (C=O) groups is 2. The number of rotatable bonds is 7. The highest BCUT2D eigenvalue weighted by Gasteiger charge is 2.43. The normalized spacial score (nSPS) is 18.1. The molecule has 41 heavy (non-hydrogen) atoms. The zero-order valence-corrected chi connectivity index (χ0v) is 23.9. The summed E-state index contributed by atoms with van der Waals surface area (Å²) in [4.78, 5) is 28.2. The Morgan fingerprint density at radius 2 is 1.80 bits per heavy atom. The third-order valence-corrected chi connectivity index (χ3v) is 8.13. The molecule has 0 saturated heterocycles. The fraction of sp³-hybridized carbons (Fsp3) is 0.353. The lowest BCUT2D eigenvalue weighted by atomic mass is 9.85. The molecule has 0 spiro atoms. The maximum Gasteiger partial charge on any atom is 0.318 e. The van der Waals surface area contributed by atoms with Gasteiger partial charge in [-0.2, -0.15) is 0 Å². The Morgan fingerprint density at radius 1 is 1.00 bits per heavy atom. The minimum Gasteiger partial charge on any atom is -0.423 e. The number of hydrogen-bond acceptors (Lipinski definition) is 5. The van der Waals surface area contributed by atoms with E-state index < -0.39 is 0 Å². The Kier molecular flexibility index (Phi) is 7.20. The molecule has 1 fully saturated rings. The number of ketones is 1. The summed E-state index contributed by atoms with van der Waals surface area (Å²) in [6, 6.07) is 22.7. The third kappa shape index (κ3) is 5.94. The van der Waals surface area contributed by atoms with Gasteiger partial charge >= 0.3 is 6.03 Å². The maximum absolute atomic E-state index is 13.2. The van der Waals surface area contributed by atoms with E-state index in [0.717, 1.165) is 40.7 Å². The summed E-state index contributed by atoms with van der Waals surface area (Å²) in [6.07, 6.45) is 4.21. The highest BCUT2D eigenvalue weighted by molar-refractivity contribution is 5.85. The summed E-state index contributed by atoms with van der Waals surface area (Å²) in [5.41, 5.74) is 7.56. The van der Waals surface area contributed by atoms with E-state index in [1.165, 1.54) is 17.5 Å². The first-order valence-electron chi connectivity index (χ1n) is 14.4. The van der Waals surface area contributed by atoms with Crippen molar-refractivity contribution in [3.8, 4) is 22.6 Å². The van der Waals surface area contributed by atoms with Crippen molar-refractivity contribution in [2.75, 3.05) is 6.54 Å². The van der Waals surface area contributed by atoms with Crippen LogP contribution in [0.4, 0.5) is 4.79 Å². The molecule has 1 N–H and O–H groups in total. The first-order chi connectivity index (χ1) is 19.8. The molecular weight excluding hydrogens is 512 g/mol. The van der Waals surface area contributed by atoms with E-state index in [1.54, 1.807) is 0 Å². The van der Waals surface area contributed by atoms with Crippen LogP contribution in [0.3, 0.4) is 0 Å². The molecule has 0 bridgehead atoms. The standard InChI is InChI=1S/C34H36N4O3/c1-34(2,3)36-33(40)38-17-16-27-26(24-10-7-11-25(18-24)32-37-35-21-41-32)14-12-23(30(27)20-38)13-15-31(39)29-19-28(29)22-8-5-4-6-9-22/h4-12,14,18,21,28-29H,13,15-17,19-20H2,1-3H3,(H,36,40)/t28-,29?/m0/s1. The predicted molar refractivity (Wildman–Crippen MR) is 158 cm³/mol. The van der Waals surface area contributed by atoms with Crippen LogP contribution < -0.4 is 5.32 Å². The molecule has 1 aromatic heterocycles. The Bertz CT molecular complexity index is 1560. The number of fused-ring (bicyclic) bond motifs is 1. The van der Waals surface area contributed by atoms with Crippen LogP contribution in [0.15, 0.2) is 77.5 Å². The van der Waals surface area contributed by atoms with Gasteiger partial charge in [-0.15, -0.1) is 10.2 Å². The van der Waals surface area contributed by atoms with Gasteiger partial charge in [-0.1, -0.05) is 54.6 Å². The van der Waals surface area contributed by atoms with E-state index >= 15 is 0 Å². The maximum atomic E-state index is 13.2. The molecule has 6 rings (SSSR count). The Labute approximate surface area is 241 Å². The molecule has 1 unspecified atom stereocenters. The molecule has 2 heterocycles. The predicted octanol–water partition coefficient (Wildman–Crippen LogP) is 6.58. The van der Waals surface area contributed by atoms with Crippen LogP contribution in [0.2, 0.25) is 0 Å². The summed E-state index contributed by atoms with van der Waals surface area (Å²) in [5, 5.41) is 11.0. The number of nitrogens with one attached hydrogen (secondary N) is 1.